The van der Waals surface area contributed by atoms with Gasteiger partial charge >= 0.3 is 0 Å². The van der Waals surface area contributed by atoms with E-state index in [1.807, 2.05) is 32.0 Å². The lowest BCUT2D eigenvalue weighted by atomic mass is 9.99. The van der Waals surface area contributed by atoms with Gasteiger partial charge in [-0.15, -0.1) is 0 Å². The first-order chi connectivity index (χ1) is 7.68. The van der Waals surface area contributed by atoms with E-state index in [-0.39, 0.29) is 11.9 Å². The molecule has 0 amide bonds. The molecule has 1 atom stereocenters. The van der Waals surface area contributed by atoms with Gasteiger partial charge in [-0.2, -0.15) is 11.8 Å². The Balaban J connectivity index is 2.22. The summed E-state index contributed by atoms with van der Waals surface area (Å²) in [6.45, 7) is 4.67. The summed E-state index contributed by atoms with van der Waals surface area (Å²) in [5.41, 5.74) is 2.97. The Labute approximate surface area is 100 Å². The van der Waals surface area contributed by atoms with E-state index in [9.17, 15) is 4.79 Å². The van der Waals surface area contributed by atoms with Crippen molar-refractivity contribution in [3.8, 4) is 0 Å². The number of benzene rings is 1. The number of aryl methyl sites for hydroxylation is 2. The quantitative estimate of drug-likeness (QED) is 0.738. The molecular formula is C13H16O2S. The molecule has 16 heavy (non-hydrogen) atoms. The predicted molar refractivity (Wildman–Crippen MR) is 67.3 cm³/mol. The number of hydrogen-bond donors (Lipinski definition) is 0. The minimum absolute atomic E-state index is 0.133. The number of carbonyl (C=O) groups excluding carboxylic acids is 1. The van der Waals surface area contributed by atoms with Crippen molar-refractivity contribution in [1.29, 1.82) is 0 Å². The van der Waals surface area contributed by atoms with E-state index in [1.54, 1.807) is 11.8 Å². The highest BCUT2D eigenvalue weighted by molar-refractivity contribution is 7.99. The second kappa shape index (κ2) is 5.02. The molecule has 3 heteroatoms. The van der Waals surface area contributed by atoms with Crippen LogP contribution >= 0.6 is 11.8 Å². The molecule has 0 bridgehead atoms. The fourth-order valence-electron chi connectivity index (χ4n) is 1.81. The molecule has 0 spiro atoms. The number of Topliss-reactive ketones (excluding diaryl/α,β-unsaturated/α-hetero) is 1. The number of rotatable bonds is 2. The third-order valence-electron chi connectivity index (χ3n) is 2.77. The van der Waals surface area contributed by atoms with Crippen LogP contribution in [0.2, 0.25) is 0 Å². The Morgan fingerprint density at radius 1 is 1.44 bits per heavy atom. The van der Waals surface area contributed by atoms with E-state index in [4.69, 9.17) is 4.74 Å². The van der Waals surface area contributed by atoms with Crippen molar-refractivity contribution in [2.75, 3.05) is 18.1 Å². The highest BCUT2D eigenvalue weighted by Crippen LogP contribution is 2.19. The standard InChI is InChI=1S/C13H16O2S/c1-9-3-4-10(2)11(7-9)13(14)12-8-16-6-5-15-12/h3-4,7,12H,5-6,8H2,1-2H3. The second-order valence-electron chi connectivity index (χ2n) is 4.12. The zero-order chi connectivity index (χ0) is 11.5. The molecule has 0 radical (unpaired) electrons. The van der Waals surface area contributed by atoms with E-state index in [0.717, 1.165) is 28.2 Å². The lowest BCUT2D eigenvalue weighted by Gasteiger charge is -2.21. The lowest BCUT2D eigenvalue weighted by Crippen LogP contribution is -2.32. The molecule has 1 aromatic rings. The van der Waals surface area contributed by atoms with E-state index < -0.39 is 0 Å². The fraction of sp³-hybridized carbons (Fsp3) is 0.462. The molecule has 1 saturated heterocycles. The van der Waals surface area contributed by atoms with Crippen molar-refractivity contribution in [3.05, 3.63) is 34.9 Å². The molecule has 2 nitrogen and oxygen atoms in total. The maximum atomic E-state index is 12.2. The Morgan fingerprint density at radius 3 is 2.94 bits per heavy atom. The molecule has 1 unspecified atom stereocenters. The summed E-state index contributed by atoms with van der Waals surface area (Å²) in [7, 11) is 0. The monoisotopic (exact) mass is 236 g/mol. The first kappa shape index (κ1) is 11.7. The maximum Gasteiger partial charge on any atom is 0.192 e. The largest absolute Gasteiger partial charge is 0.368 e. The van der Waals surface area contributed by atoms with Crippen LogP contribution in [0.1, 0.15) is 21.5 Å². The molecule has 0 N–H and O–H groups in total. The summed E-state index contributed by atoms with van der Waals surface area (Å²) < 4.78 is 5.52. The van der Waals surface area contributed by atoms with Gasteiger partial charge < -0.3 is 4.74 Å². The molecule has 1 aliphatic heterocycles. The average Bonchev–Trinajstić information content (AvgIpc) is 2.32. The summed E-state index contributed by atoms with van der Waals surface area (Å²) in [6, 6.07) is 5.99. The fourth-order valence-corrected chi connectivity index (χ4v) is 2.66. The van der Waals surface area contributed by atoms with Crippen molar-refractivity contribution < 1.29 is 9.53 Å². The minimum Gasteiger partial charge on any atom is -0.368 e. The molecule has 0 aliphatic carbocycles. The Hall–Kier alpha value is -0.800. The molecule has 1 fully saturated rings. The van der Waals surface area contributed by atoms with Crippen molar-refractivity contribution in [2.45, 2.75) is 20.0 Å². The highest BCUT2D eigenvalue weighted by Gasteiger charge is 2.24. The van der Waals surface area contributed by atoms with Crippen LogP contribution in [0.5, 0.6) is 0 Å². The number of hydrogen-bond acceptors (Lipinski definition) is 3. The summed E-state index contributed by atoms with van der Waals surface area (Å²) in [6.07, 6.45) is -0.251. The summed E-state index contributed by atoms with van der Waals surface area (Å²) in [5.74, 6) is 1.91. The van der Waals surface area contributed by atoms with Crippen LogP contribution in [0.15, 0.2) is 18.2 Å². The first-order valence-electron chi connectivity index (χ1n) is 5.49. The number of thioether (sulfide) groups is 1. The van der Waals surface area contributed by atoms with Crippen LogP contribution < -0.4 is 0 Å². The summed E-state index contributed by atoms with van der Waals surface area (Å²) in [5, 5.41) is 0. The van der Waals surface area contributed by atoms with Crippen molar-refractivity contribution in [2.24, 2.45) is 0 Å². The Kier molecular flexibility index (Phi) is 3.66. The van der Waals surface area contributed by atoms with E-state index in [1.165, 1.54) is 0 Å². The van der Waals surface area contributed by atoms with Gasteiger partial charge in [0.25, 0.3) is 0 Å². The third kappa shape index (κ3) is 2.47. The van der Waals surface area contributed by atoms with Gasteiger partial charge in [0.1, 0.15) is 6.10 Å². The van der Waals surface area contributed by atoms with Crippen LogP contribution in [0.4, 0.5) is 0 Å². The van der Waals surface area contributed by atoms with Crippen LogP contribution in [0.3, 0.4) is 0 Å². The van der Waals surface area contributed by atoms with Crippen LogP contribution in [0, 0.1) is 13.8 Å². The van der Waals surface area contributed by atoms with Gasteiger partial charge in [-0.3, -0.25) is 4.79 Å². The lowest BCUT2D eigenvalue weighted by molar-refractivity contribution is 0.0518. The molecule has 0 aromatic heterocycles. The molecule has 1 aromatic carbocycles. The van der Waals surface area contributed by atoms with E-state index in [2.05, 4.69) is 0 Å². The minimum atomic E-state index is -0.251. The molecule has 2 rings (SSSR count). The average molecular weight is 236 g/mol. The van der Waals surface area contributed by atoms with Crippen LogP contribution in [0.25, 0.3) is 0 Å². The molecule has 0 saturated carbocycles. The topological polar surface area (TPSA) is 26.3 Å². The van der Waals surface area contributed by atoms with Crippen LogP contribution in [-0.2, 0) is 4.74 Å². The molecule has 1 aliphatic rings. The van der Waals surface area contributed by atoms with Gasteiger partial charge in [0.05, 0.1) is 6.61 Å². The summed E-state index contributed by atoms with van der Waals surface area (Å²) >= 11 is 1.79. The number of ether oxygens (including phenoxy) is 1. The SMILES string of the molecule is Cc1ccc(C)c(C(=O)C2CSCCO2)c1. The van der Waals surface area contributed by atoms with Gasteiger partial charge in [-0.05, 0) is 25.5 Å². The van der Waals surface area contributed by atoms with Gasteiger partial charge in [0.15, 0.2) is 5.78 Å². The molecule has 1 heterocycles. The zero-order valence-corrected chi connectivity index (χ0v) is 10.5. The number of ketones is 1. The molecular weight excluding hydrogens is 220 g/mol. The smallest absolute Gasteiger partial charge is 0.192 e. The van der Waals surface area contributed by atoms with Gasteiger partial charge in [-0.25, -0.2) is 0 Å². The van der Waals surface area contributed by atoms with Crippen molar-refractivity contribution in [3.63, 3.8) is 0 Å². The Bertz CT molecular complexity index is 395. The van der Waals surface area contributed by atoms with Crippen molar-refractivity contribution in [1.82, 2.24) is 0 Å². The zero-order valence-electron chi connectivity index (χ0n) is 9.66. The van der Waals surface area contributed by atoms with Gasteiger partial charge in [0.2, 0.25) is 0 Å². The predicted octanol–water partition coefficient (Wildman–Crippen LogP) is 2.62. The van der Waals surface area contributed by atoms with Gasteiger partial charge in [-0.1, -0.05) is 17.7 Å². The van der Waals surface area contributed by atoms with Gasteiger partial charge in [0, 0.05) is 17.1 Å². The summed E-state index contributed by atoms with van der Waals surface area (Å²) in [4.78, 5) is 12.2. The molecule has 86 valence electrons. The maximum absolute atomic E-state index is 12.2. The van der Waals surface area contributed by atoms with Crippen LogP contribution in [-0.4, -0.2) is 30.0 Å². The first-order valence-corrected chi connectivity index (χ1v) is 6.65. The second-order valence-corrected chi connectivity index (χ2v) is 5.27. The van der Waals surface area contributed by atoms with Crippen molar-refractivity contribution >= 4 is 17.5 Å². The normalized spacial score (nSPS) is 20.8. The third-order valence-corrected chi connectivity index (χ3v) is 3.76. The van der Waals surface area contributed by atoms with E-state index >= 15 is 0 Å². The number of carbonyl (C=O) groups is 1. The Morgan fingerprint density at radius 2 is 2.25 bits per heavy atom. The van der Waals surface area contributed by atoms with E-state index in [0.29, 0.717) is 6.61 Å². The highest BCUT2D eigenvalue weighted by atomic mass is 32.2.